The van der Waals surface area contributed by atoms with Gasteiger partial charge in [-0.15, -0.1) is 0 Å². The monoisotopic (exact) mass is 414 g/mol. The summed E-state index contributed by atoms with van der Waals surface area (Å²) in [5, 5.41) is 8.55. The fourth-order valence-corrected chi connectivity index (χ4v) is 3.19. The van der Waals surface area contributed by atoms with Crippen molar-refractivity contribution in [3.8, 4) is 0 Å². The molecule has 1 aromatic heterocycles. The van der Waals surface area contributed by atoms with Crippen molar-refractivity contribution in [2.24, 2.45) is 0 Å². The number of urea groups is 1. The first-order chi connectivity index (χ1) is 13.8. The second-order valence-electron chi connectivity index (χ2n) is 7.17. The van der Waals surface area contributed by atoms with Crippen LogP contribution in [0.2, 0.25) is 5.02 Å². The molecular formula is C21H23ClN4O3. The molecule has 1 aliphatic heterocycles. The van der Waals surface area contributed by atoms with Crippen LogP contribution >= 0.6 is 11.6 Å². The number of pyridine rings is 1. The number of hydrogen-bond acceptors (Lipinski definition) is 3. The van der Waals surface area contributed by atoms with E-state index in [4.69, 9.17) is 11.6 Å². The van der Waals surface area contributed by atoms with Crippen LogP contribution in [-0.2, 0) is 4.79 Å². The first-order valence-corrected chi connectivity index (χ1v) is 9.78. The minimum atomic E-state index is -0.380. The molecule has 4 N–H and O–H groups in total. The molecule has 1 atom stereocenters. The highest BCUT2D eigenvalue weighted by atomic mass is 35.5. The molecule has 0 saturated carbocycles. The summed E-state index contributed by atoms with van der Waals surface area (Å²) in [6.07, 6.45) is 3.09. The first-order valence-electron chi connectivity index (χ1n) is 9.40. The van der Waals surface area contributed by atoms with Crippen LogP contribution in [0.1, 0.15) is 37.9 Å². The van der Waals surface area contributed by atoms with Gasteiger partial charge in [-0.25, -0.2) is 4.79 Å². The quantitative estimate of drug-likeness (QED) is 0.603. The molecule has 1 aliphatic rings. The third kappa shape index (κ3) is 5.48. The van der Waals surface area contributed by atoms with Gasteiger partial charge in [-0.2, -0.15) is 0 Å². The van der Waals surface area contributed by atoms with Gasteiger partial charge in [0.25, 0.3) is 5.56 Å². The maximum atomic E-state index is 12.0. The molecule has 0 radical (unpaired) electrons. The fourth-order valence-electron chi connectivity index (χ4n) is 3.08. The second-order valence-corrected chi connectivity index (χ2v) is 7.58. The van der Waals surface area contributed by atoms with Gasteiger partial charge in [0.2, 0.25) is 5.91 Å². The Kier molecular flexibility index (Phi) is 6.39. The average molecular weight is 415 g/mol. The van der Waals surface area contributed by atoms with Gasteiger partial charge in [-0.3, -0.25) is 9.59 Å². The fraction of sp³-hybridized carbons (Fsp3) is 0.286. The summed E-state index contributed by atoms with van der Waals surface area (Å²) in [5.41, 5.74) is 2.46. The lowest BCUT2D eigenvalue weighted by molar-refractivity contribution is -0.119. The normalized spacial score (nSPS) is 16.6. The first kappa shape index (κ1) is 20.7. The Hall–Kier alpha value is -3.06. The molecule has 1 aromatic carbocycles. The average Bonchev–Trinajstić information content (AvgIpc) is 3.07. The molecule has 0 spiro atoms. The number of carbonyl (C=O) groups excluding carboxylic acids is 2. The Morgan fingerprint density at radius 2 is 1.90 bits per heavy atom. The van der Waals surface area contributed by atoms with Gasteiger partial charge >= 0.3 is 6.03 Å². The van der Waals surface area contributed by atoms with Gasteiger partial charge in [-0.05, 0) is 50.1 Å². The zero-order valence-electron chi connectivity index (χ0n) is 16.2. The van der Waals surface area contributed by atoms with Gasteiger partial charge in [0.05, 0.1) is 0 Å². The molecule has 152 valence electrons. The standard InChI is InChI=1S/C21H23ClN4O3/c1-12(2)23-21(29)25-14-5-3-13(4-6-14)16(11-15-7-10-19(27)24-15)18-9-8-17(22)20(28)26-18/h3-6,8-9,11-12,15H,7,10H2,1-2H3,(H,24,27)(H,26,28)(H2,23,25,29)/t15-/m1/s1. The molecule has 0 bridgehead atoms. The maximum absolute atomic E-state index is 12.0. The van der Waals surface area contributed by atoms with E-state index in [1.54, 1.807) is 24.3 Å². The number of halogens is 1. The highest BCUT2D eigenvalue weighted by Gasteiger charge is 2.20. The van der Waals surface area contributed by atoms with E-state index >= 15 is 0 Å². The van der Waals surface area contributed by atoms with Gasteiger partial charge in [-0.1, -0.05) is 29.8 Å². The topological polar surface area (TPSA) is 103 Å². The van der Waals surface area contributed by atoms with Crippen molar-refractivity contribution in [1.82, 2.24) is 15.6 Å². The molecule has 7 nitrogen and oxygen atoms in total. The van der Waals surface area contributed by atoms with Crippen molar-refractivity contribution in [3.63, 3.8) is 0 Å². The number of amides is 3. The zero-order valence-corrected chi connectivity index (χ0v) is 17.0. The van der Waals surface area contributed by atoms with Crippen molar-refractivity contribution in [1.29, 1.82) is 0 Å². The van der Waals surface area contributed by atoms with Gasteiger partial charge in [0.15, 0.2) is 0 Å². The summed E-state index contributed by atoms with van der Waals surface area (Å²) in [4.78, 5) is 38.2. The smallest absolute Gasteiger partial charge is 0.319 e. The molecule has 1 fully saturated rings. The van der Waals surface area contributed by atoms with E-state index in [9.17, 15) is 14.4 Å². The third-order valence-corrected chi connectivity index (χ3v) is 4.72. The number of aromatic nitrogens is 1. The number of aromatic amines is 1. The van der Waals surface area contributed by atoms with E-state index in [0.29, 0.717) is 24.2 Å². The van der Waals surface area contributed by atoms with E-state index in [0.717, 1.165) is 11.1 Å². The molecule has 2 heterocycles. The summed E-state index contributed by atoms with van der Waals surface area (Å²) in [6, 6.07) is 10.2. The number of hydrogen-bond donors (Lipinski definition) is 4. The maximum Gasteiger partial charge on any atom is 0.319 e. The molecule has 0 unspecified atom stereocenters. The minimum absolute atomic E-state index is 0.00547. The summed E-state index contributed by atoms with van der Waals surface area (Å²) in [6.45, 7) is 3.77. The molecule has 2 aromatic rings. The van der Waals surface area contributed by atoms with Crippen LogP contribution in [0.3, 0.4) is 0 Å². The van der Waals surface area contributed by atoms with Crippen molar-refractivity contribution in [2.75, 3.05) is 5.32 Å². The van der Waals surface area contributed by atoms with E-state index in [-0.39, 0.29) is 34.6 Å². The number of benzene rings is 1. The minimum Gasteiger partial charge on any atom is -0.350 e. The van der Waals surface area contributed by atoms with E-state index in [1.807, 2.05) is 32.1 Å². The Morgan fingerprint density at radius 3 is 2.48 bits per heavy atom. The lowest BCUT2D eigenvalue weighted by atomic mass is 9.98. The Labute approximate surface area is 173 Å². The molecule has 29 heavy (non-hydrogen) atoms. The molecule has 3 rings (SSSR count). The predicted octanol–water partition coefficient (Wildman–Crippen LogP) is 3.27. The Balaban J connectivity index is 1.90. The van der Waals surface area contributed by atoms with E-state index in [1.165, 1.54) is 0 Å². The second kappa shape index (κ2) is 8.96. The highest BCUT2D eigenvalue weighted by Crippen LogP contribution is 2.25. The van der Waals surface area contributed by atoms with Crippen molar-refractivity contribution < 1.29 is 9.59 Å². The van der Waals surface area contributed by atoms with Crippen LogP contribution in [-0.4, -0.2) is 29.0 Å². The van der Waals surface area contributed by atoms with Crippen LogP contribution in [0.4, 0.5) is 10.5 Å². The van der Waals surface area contributed by atoms with Crippen LogP contribution in [0.15, 0.2) is 47.3 Å². The Morgan fingerprint density at radius 1 is 1.17 bits per heavy atom. The van der Waals surface area contributed by atoms with Gasteiger partial charge < -0.3 is 20.9 Å². The van der Waals surface area contributed by atoms with Crippen molar-refractivity contribution in [2.45, 2.75) is 38.8 Å². The lowest BCUT2D eigenvalue weighted by Gasteiger charge is -2.14. The van der Waals surface area contributed by atoms with Crippen LogP contribution in [0, 0.1) is 0 Å². The molecule has 1 saturated heterocycles. The summed E-state index contributed by atoms with van der Waals surface area (Å²) < 4.78 is 0. The molecule has 8 heteroatoms. The number of nitrogens with one attached hydrogen (secondary N) is 4. The van der Waals surface area contributed by atoms with Gasteiger partial charge in [0, 0.05) is 35.5 Å². The van der Waals surface area contributed by atoms with Crippen LogP contribution in [0.25, 0.3) is 5.57 Å². The molecular weight excluding hydrogens is 392 g/mol. The lowest BCUT2D eigenvalue weighted by Crippen LogP contribution is -2.34. The van der Waals surface area contributed by atoms with Crippen LogP contribution in [0.5, 0.6) is 0 Å². The van der Waals surface area contributed by atoms with Crippen LogP contribution < -0.4 is 21.5 Å². The SMILES string of the molecule is CC(C)NC(=O)Nc1ccc(C(=C[C@H]2CCC(=O)N2)c2ccc(Cl)c(=O)[nH]2)cc1. The molecule has 3 amide bonds. The van der Waals surface area contributed by atoms with E-state index < -0.39 is 0 Å². The number of H-pyrrole nitrogens is 1. The summed E-state index contributed by atoms with van der Waals surface area (Å²) in [7, 11) is 0. The number of carbonyl (C=O) groups is 2. The van der Waals surface area contributed by atoms with E-state index in [2.05, 4.69) is 20.9 Å². The number of anilines is 1. The highest BCUT2D eigenvalue weighted by molar-refractivity contribution is 6.30. The van der Waals surface area contributed by atoms with Crippen molar-refractivity contribution in [3.05, 3.63) is 69.1 Å². The zero-order chi connectivity index (χ0) is 21.0. The summed E-state index contributed by atoms with van der Waals surface area (Å²) >= 11 is 5.86. The predicted molar refractivity (Wildman–Crippen MR) is 114 cm³/mol. The molecule has 0 aliphatic carbocycles. The van der Waals surface area contributed by atoms with Gasteiger partial charge in [0.1, 0.15) is 5.02 Å². The largest absolute Gasteiger partial charge is 0.350 e. The summed E-state index contributed by atoms with van der Waals surface area (Å²) in [5.74, 6) is 0.00547. The van der Waals surface area contributed by atoms with Crippen molar-refractivity contribution >= 4 is 34.8 Å². The Bertz CT molecular complexity index is 996. The third-order valence-electron chi connectivity index (χ3n) is 4.42. The number of rotatable bonds is 5.